The van der Waals surface area contributed by atoms with Gasteiger partial charge in [-0.1, -0.05) is 13.8 Å². The van der Waals surface area contributed by atoms with Crippen LogP contribution in [0.4, 0.5) is 0 Å². The molecule has 4 nitrogen and oxygen atoms in total. The number of hydrogen-bond donors (Lipinski definition) is 1. The van der Waals surface area contributed by atoms with E-state index in [2.05, 4.69) is 23.7 Å². The van der Waals surface area contributed by atoms with Gasteiger partial charge in [0.2, 0.25) is 0 Å². The van der Waals surface area contributed by atoms with Gasteiger partial charge in [0.15, 0.2) is 0 Å². The lowest BCUT2D eigenvalue weighted by Gasteiger charge is -2.17. The monoisotopic (exact) mass is 222 g/mol. The number of aromatic carboxylic acids is 1. The first-order valence-electron chi connectivity index (χ1n) is 5.58. The van der Waals surface area contributed by atoms with Crippen LogP contribution in [0.1, 0.15) is 29.9 Å². The van der Waals surface area contributed by atoms with Crippen molar-refractivity contribution in [3.63, 3.8) is 0 Å². The van der Waals surface area contributed by atoms with Gasteiger partial charge in [-0.25, -0.2) is 4.79 Å². The van der Waals surface area contributed by atoms with Crippen LogP contribution in [0.5, 0.6) is 0 Å². The molecule has 4 heteroatoms. The molecule has 0 spiro atoms. The summed E-state index contributed by atoms with van der Waals surface area (Å²) in [6.07, 6.45) is 2.33. The fourth-order valence-corrected chi connectivity index (χ4v) is 1.64. The minimum atomic E-state index is -0.900. The summed E-state index contributed by atoms with van der Waals surface area (Å²) < 4.78 is 0. The second kappa shape index (κ2) is 6.23. The molecule has 0 radical (unpaired) electrons. The highest BCUT2D eigenvalue weighted by Crippen LogP contribution is 2.06. The van der Waals surface area contributed by atoms with Crippen LogP contribution < -0.4 is 0 Å². The zero-order valence-corrected chi connectivity index (χ0v) is 9.81. The summed E-state index contributed by atoms with van der Waals surface area (Å²) in [5.74, 6) is -0.900. The Morgan fingerprint density at radius 1 is 1.44 bits per heavy atom. The first kappa shape index (κ1) is 12.6. The summed E-state index contributed by atoms with van der Waals surface area (Å²) in [5.41, 5.74) is 0.983. The molecule has 0 bridgehead atoms. The van der Waals surface area contributed by atoms with Gasteiger partial charge in [-0.15, -0.1) is 0 Å². The maximum Gasteiger partial charge on any atom is 0.337 e. The molecule has 0 fully saturated rings. The number of likely N-dealkylation sites (N-methyl/N-ethyl adjacent to an activating group) is 1. The Kier molecular flexibility index (Phi) is 4.92. The lowest BCUT2D eigenvalue weighted by atomic mass is 10.1. The van der Waals surface area contributed by atoms with Crippen LogP contribution in [0.25, 0.3) is 0 Å². The Morgan fingerprint density at radius 2 is 2.12 bits per heavy atom. The van der Waals surface area contributed by atoms with Crippen molar-refractivity contribution in [2.45, 2.75) is 20.3 Å². The average Bonchev–Trinajstić information content (AvgIpc) is 2.30. The van der Waals surface area contributed by atoms with E-state index in [1.807, 2.05) is 0 Å². The summed E-state index contributed by atoms with van der Waals surface area (Å²) in [5, 5.41) is 8.99. The molecule has 0 amide bonds. The van der Waals surface area contributed by atoms with E-state index < -0.39 is 5.97 Å². The molecular weight excluding hydrogens is 204 g/mol. The molecule has 0 aliphatic heterocycles. The summed E-state index contributed by atoms with van der Waals surface area (Å²) in [6, 6.07) is 3.26. The highest BCUT2D eigenvalue weighted by Gasteiger charge is 2.10. The van der Waals surface area contributed by atoms with E-state index in [-0.39, 0.29) is 0 Å². The highest BCUT2D eigenvalue weighted by molar-refractivity contribution is 5.88. The molecule has 88 valence electrons. The van der Waals surface area contributed by atoms with Gasteiger partial charge in [-0.3, -0.25) is 4.98 Å². The number of aromatic nitrogens is 1. The normalized spacial score (nSPS) is 10.7. The fraction of sp³-hybridized carbons (Fsp3) is 0.500. The maximum atomic E-state index is 11.0. The van der Waals surface area contributed by atoms with Gasteiger partial charge >= 0.3 is 5.97 Å². The zero-order valence-electron chi connectivity index (χ0n) is 9.81. The molecule has 1 aromatic rings. The molecule has 0 aromatic carbocycles. The molecule has 1 heterocycles. The molecule has 1 rings (SSSR count). The van der Waals surface area contributed by atoms with Crippen molar-refractivity contribution in [2.75, 3.05) is 19.6 Å². The van der Waals surface area contributed by atoms with E-state index in [0.29, 0.717) is 17.7 Å². The second-order valence-corrected chi connectivity index (χ2v) is 3.58. The zero-order chi connectivity index (χ0) is 12.0. The standard InChI is InChI=1S/C12H18N2O2/c1-3-14(4-2)9-7-11-10(12(15)16)6-5-8-13-11/h5-6,8H,3-4,7,9H2,1-2H3,(H,15,16). The Hall–Kier alpha value is -1.42. The molecular formula is C12H18N2O2. The molecule has 16 heavy (non-hydrogen) atoms. The van der Waals surface area contributed by atoms with Gasteiger partial charge < -0.3 is 10.0 Å². The Labute approximate surface area is 95.9 Å². The van der Waals surface area contributed by atoms with Gasteiger partial charge in [0.1, 0.15) is 0 Å². The minimum Gasteiger partial charge on any atom is -0.478 e. The van der Waals surface area contributed by atoms with E-state index in [4.69, 9.17) is 5.11 Å². The van der Waals surface area contributed by atoms with Crippen LogP contribution in [0.3, 0.4) is 0 Å². The third-order valence-corrected chi connectivity index (χ3v) is 2.68. The maximum absolute atomic E-state index is 11.0. The molecule has 0 saturated heterocycles. The third-order valence-electron chi connectivity index (χ3n) is 2.68. The number of carboxylic acids is 1. The molecule has 0 atom stereocenters. The van der Waals surface area contributed by atoms with Gasteiger partial charge in [-0.2, -0.15) is 0 Å². The summed E-state index contributed by atoms with van der Waals surface area (Å²) >= 11 is 0. The van der Waals surface area contributed by atoms with Crippen molar-refractivity contribution >= 4 is 5.97 Å². The Morgan fingerprint density at radius 3 is 2.69 bits per heavy atom. The van der Waals surface area contributed by atoms with E-state index in [9.17, 15) is 4.79 Å². The highest BCUT2D eigenvalue weighted by atomic mass is 16.4. The number of nitrogens with zero attached hydrogens (tertiary/aromatic N) is 2. The second-order valence-electron chi connectivity index (χ2n) is 3.58. The van der Waals surface area contributed by atoms with Crippen LogP contribution >= 0.6 is 0 Å². The number of rotatable bonds is 6. The third kappa shape index (κ3) is 3.31. The smallest absolute Gasteiger partial charge is 0.337 e. The molecule has 0 aliphatic rings. The van der Waals surface area contributed by atoms with E-state index in [1.54, 1.807) is 18.3 Å². The molecule has 0 unspecified atom stereocenters. The Bertz CT molecular complexity index is 349. The van der Waals surface area contributed by atoms with Gasteiger partial charge in [0, 0.05) is 19.2 Å². The summed E-state index contributed by atoms with van der Waals surface area (Å²) in [7, 11) is 0. The lowest BCUT2D eigenvalue weighted by Crippen LogP contribution is -2.26. The van der Waals surface area contributed by atoms with Gasteiger partial charge in [0.25, 0.3) is 0 Å². The number of carboxylic acid groups (broad SMARTS) is 1. The first-order valence-corrected chi connectivity index (χ1v) is 5.58. The van der Waals surface area contributed by atoms with Crippen molar-refractivity contribution in [3.8, 4) is 0 Å². The van der Waals surface area contributed by atoms with Crippen molar-refractivity contribution in [1.82, 2.24) is 9.88 Å². The SMILES string of the molecule is CCN(CC)CCc1ncccc1C(=O)O. The fourth-order valence-electron chi connectivity index (χ4n) is 1.64. The van der Waals surface area contributed by atoms with Crippen molar-refractivity contribution in [2.24, 2.45) is 0 Å². The van der Waals surface area contributed by atoms with Crippen LogP contribution in [-0.2, 0) is 6.42 Å². The van der Waals surface area contributed by atoms with Gasteiger partial charge in [-0.05, 0) is 25.2 Å². The van der Waals surface area contributed by atoms with Crippen molar-refractivity contribution < 1.29 is 9.90 Å². The molecule has 1 aromatic heterocycles. The predicted octanol–water partition coefficient (Wildman–Crippen LogP) is 1.66. The van der Waals surface area contributed by atoms with Crippen LogP contribution in [0.2, 0.25) is 0 Å². The largest absolute Gasteiger partial charge is 0.478 e. The van der Waals surface area contributed by atoms with Crippen molar-refractivity contribution in [1.29, 1.82) is 0 Å². The predicted molar refractivity (Wildman–Crippen MR) is 62.7 cm³/mol. The van der Waals surface area contributed by atoms with Crippen LogP contribution in [0.15, 0.2) is 18.3 Å². The topological polar surface area (TPSA) is 53.4 Å². The van der Waals surface area contributed by atoms with Crippen LogP contribution in [0, 0.1) is 0 Å². The summed E-state index contributed by atoms with van der Waals surface area (Å²) in [4.78, 5) is 17.3. The average molecular weight is 222 g/mol. The molecule has 1 N–H and O–H groups in total. The summed E-state index contributed by atoms with van der Waals surface area (Å²) in [6.45, 7) is 7.00. The van der Waals surface area contributed by atoms with E-state index in [0.717, 1.165) is 19.6 Å². The van der Waals surface area contributed by atoms with Crippen molar-refractivity contribution in [3.05, 3.63) is 29.6 Å². The first-order chi connectivity index (χ1) is 7.69. The molecule has 0 saturated carbocycles. The lowest BCUT2D eigenvalue weighted by molar-refractivity contribution is 0.0695. The minimum absolute atomic E-state index is 0.314. The van der Waals surface area contributed by atoms with Gasteiger partial charge in [0.05, 0.1) is 11.3 Å². The molecule has 0 aliphatic carbocycles. The number of pyridine rings is 1. The Balaban J connectivity index is 2.69. The quantitative estimate of drug-likeness (QED) is 0.795. The number of hydrogen-bond acceptors (Lipinski definition) is 3. The number of carbonyl (C=O) groups is 1. The van der Waals surface area contributed by atoms with E-state index >= 15 is 0 Å². The van der Waals surface area contributed by atoms with Crippen LogP contribution in [-0.4, -0.2) is 40.6 Å². The van der Waals surface area contributed by atoms with E-state index in [1.165, 1.54) is 0 Å².